The number of hydrogen-bond acceptors (Lipinski definition) is 3. The highest BCUT2D eigenvalue weighted by atomic mass is 16.5. The fourth-order valence-electron chi connectivity index (χ4n) is 2.25. The first kappa shape index (κ1) is 13.9. The predicted octanol–water partition coefficient (Wildman–Crippen LogP) is 2.47. The van der Waals surface area contributed by atoms with Gasteiger partial charge in [-0.15, -0.1) is 0 Å². The number of amides is 1. The van der Waals surface area contributed by atoms with E-state index in [1.54, 1.807) is 6.92 Å². The second-order valence-corrected chi connectivity index (χ2v) is 5.19. The minimum absolute atomic E-state index is 0.0973. The van der Waals surface area contributed by atoms with Crippen LogP contribution in [0.2, 0.25) is 0 Å². The molecule has 4 heteroatoms. The fourth-order valence-corrected chi connectivity index (χ4v) is 2.25. The Morgan fingerprint density at radius 1 is 1.47 bits per heavy atom. The zero-order valence-electron chi connectivity index (χ0n) is 11.6. The van der Waals surface area contributed by atoms with Gasteiger partial charge in [0.15, 0.2) is 6.10 Å². The SMILES string of the molecule is CCCCC(N)Cc1ccc2c(c1)NC(=O)C(C)O2. The lowest BCUT2D eigenvalue weighted by molar-refractivity contribution is -0.122. The van der Waals surface area contributed by atoms with Crippen LogP contribution in [-0.2, 0) is 11.2 Å². The molecule has 1 aromatic carbocycles. The summed E-state index contributed by atoms with van der Waals surface area (Å²) in [5.74, 6) is 0.637. The molecule has 1 amide bonds. The van der Waals surface area contributed by atoms with Gasteiger partial charge in [0.2, 0.25) is 0 Å². The van der Waals surface area contributed by atoms with Crippen LogP contribution in [0.5, 0.6) is 5.75 Å². The highest BCUT2D eigenvalue weighted by molar-refractivity contribution is 5.97. The molecule has 3 N–H and O–H groups in total. The number of carbonyl (C=O) groups excluding carboxylic acids is 1. The molecule has 2 atom stereocenters. The third-order valence-corrected chi connectivity index (χ3v) is 3.40. The van der Waals surface area contributed by atoms with Gasteiger partial charge in [0, 0.05) is 6.04 Å². The molecular weight excluding hydrogens is 240 g/mol. The Morgan fingerprint density at radius 2 is 2.26 bits per heavy atom. The van der Waals surface area contributed by atoms with E-state index in [1.165, 1.54) is 6.42 Å². The smallest absolute Gasteiger partial charge is 0.265 e. The predicted molar refractivity (Wildman–Crippen MR) is 76.4 cm³/mol. The Hall–Kier alpha value is -1.55. The minimum Gasteiger partial charge on any atom is -0.479 e. The third kappa shape index (κ3) is 3.47. The molecule has 2 rings (SSSR count). The van der Waals surface area contributed by atoms with Crippen LogP contribution < -0.4 is 15.8 Å². The minimum atomic E-state index is -0.426. The molecule has 1 heterocycles. The van der Waals surface area contributed by atoms with E-state index >= 15 is 0 Å². The molecule has 0 aromatic heterocycles. The molecular formula is C15H22N2O2. The van der Waals surface area contributed by atoms with Crippen molar-refractivity contribution >= 4 is 11.6 Å². The number of hydrogen-bond donors (Lipinski definition) is 2. The zero-order valence-corrected chi connectivity index (χ0v) is 11.6. The Kier molecular flexibility index (Phi) is 4.43. The van der Waals surface area contributed by atoms with Crippen molar-refractivity contribution < 1.29 is 9.53 Å². The van der Waals surface area contributed by atoms with Gasteiger partial charge in [0.1, 0.15) is 5.75 Å². The number of anilines is 1. The van der Waals surface area contributed by atoms with Crippen molar-refractivity contribution in [2.24, 2.45) is 5.73 Å². The van der Waals surface area contributed by atoms with E-state index in [0.29, 0.717) is 0 Å². The molecule has 1 aromatic rings. The van der Waals surface area contributed by atoms with Gasteiger partial charge >= 0.3 is 0 Å². The van der Waals surface area contributed by atoms with Crippen LogP contribution in [0.4, 0.5) is 5.69 Å². The Balaban J connectivity index is 2.05. The van der Waals surface area contributed by atoms with Gasteiger partial charge in [-0.1, -0.05) is 25.8 Å². The van der Waals surface area contributed by atoms with E-state index in [4.69, 9.17) is 10.5 Å². The lowest BCUT2D eigenvalue weighted by Gasteiger charge is -2.24. The van der Waals surface area contributed by atoms with Crippen molar-refractivity contribution in [3.8, 4) is 5.75 Å². The summed E-state index contributed by atoms with van der Waals surface area (Å²) >= 11 is 0. The van der Waals surface area contributed by atoms with Crippen molar-refractivity contribution in [1.82, 2.24) is 0 Å². The van der Waals surface area contributed by atoms with E-state index in [2.05, 4.69) is 12.2 Å². The fraction of sp³-hybridized carbons (Fsp3) is 0.533. The second-order valence-electron chi connectivity index (χ2n) is 5.19. The number of nitrogens with two attached hydrogens (primary N) is 1. The van der Waals surface area contributed by atoms with Crippen LogP contribution in [0.15, 0.2) is 18.2 Å². The Labute approximate surface area is 114 Å². The molecule has 19 heavy (non-hydrogen) atoms. The van der Waals surface area contributed by atoms with E-state index in [9.17, 15) is 4.79 Å². The maximum Gasteiger partial charge on any atom is 0.265 e. The van der Waals surface area contributed by atoms with Crippen LogP contribution >= 0.6 is 0 Å². The molecule has 1 aliphatic rings. The van der Waals surface area contributed by atoms with Gasteiger partial charge in [-0.3, -0.25) is 4.79 Å². The summed E-state index contributed by atoms with van der Waals surface area (Å²) in [5.41, 5.74) is 7.99. The molecule has 2 unspecified atom stereocenters. The molecule has 4 nitrogen and oxygen atoms in total. The molecule has 0 saturated heterocycles. The maximum absolute atomic E-state index is 11.6. The summed E-state index contributed by atoms with van der Waals surface area (Å²) in [6.45, 7) is 3.91. The quantitative estimate of drug-likeness (QED) is 0.856. The summed E-state index contributed by atoms with van der Waals surface area (Å²) in [6.07, 6.45) is 3.76. The van der Waals surface area contributed by atoms with Crippen LogP contribution in [0, 0.1) is 0 Å². The summed E-state index contributed by atoms with van der Waals surface area (Å²) in [7, 11) is 0. The summed E-state index contributed by atoms with van der Waals surface area (Å²) in [5, 5.41) is 2.86. The topological polar surface area (TPSA) is 64.3 Å². The number of rotatable bonds is 5. The second kappa shape index (κ2) is 6.06. The van der Waals surface area contributed by atoms with Crippen molar-refractivity contribution in [2.75, 3.05) is 5.32 Å². The molecule has 0 bridgehead atoms. The standard InChI is InChI=1S/C15H22N2O2/c1-3-4-5-12(16)8-11-6-7-14-13(9-11)17-15(18)10(2)19-14/h6-7,9-10,12H,3-5,8,16H2,1-2H3,(H,17,18). The first-order chi connectivity index (χ1) is 9.10. The summed E-state index contributed by atoms with van der Waals surface area (Å²) in [6, 6.07) is 6.07. The van der Waals surface area contributed by atoms with E-state index in [1.807, 2.05) is 18.2 Å². The lowest BCUT2D eigenvalue weighted by atomic mass is 10.0. The Bertz CT molecular complexity index is 459. The number of unbranched alkanes of at least 4 members (excludes halogenated alkanes) is 1. The lowest BCUT2D eigenvalue weighted by Crippen LogP contribution is -2.34. The van der Waals surface area contributed by atoms with Gasteiger partial charge in [-0.05, 0) is 37.5 Å². The van der Waals surface area contributed by atoms with Gasteiger partial charge in [-0.25, -0.2) is 0 Å². The van der Waals surface area contributed by atoms with Gasteiger partial charge in [0.05, 0.1) is 5.69 Å². The number of carbonyl (C=O) groups is 1. The van der Waals surface area contributed by atoms with Crippen LogP contribution in [0.3, 0.4) is 0 Å². The number of nitrogens with one attached hydrogen (secondary N) is 1. The normalized spacial score (nSPS) is 19.3. The molecule has 0 radical (unpaired) electrons. The highest BCUT2D eigenvalue weighted by Crippen LogP contribution is 2.30. The largest absolute Gasteiger partial charge is 0.479 e. The van der Waals surface area contributed by atoms with Crippen molar-refractivity contribution in [2.45, 2.75) is 51.7 Å². The van der Waals surface area contributed by atoms with Crippen molar-refractivity contribution in [1.29, 1.82) is 0 Å². The first-order valence-electron chi connectivity index (χ1n) is 6.96. The maximum atomic E-state index is 11.6. The average Bonchev–Trinajstić information content (AvgIpc) is 2.38. The van der Waals surface area contributed by atoms with Gasteiger partial charge < -0.3 is 15.8 Å². The molecule has 0 fully saturated rings. The summed E-state index contributed by atoms with van der Waals surface area (Å²) < 4.78 is 5.53. The number of fused-ring (bicyclic) bond motifs is 1. The number of benzene rings is 1. The van der Waals surface area contributed by atoms with Crippen molar-refractivity contribution in [3.05, 3.63) is 23.8 Å². The van der Waals surface area contributed by atoms with Gasteiger partial charge in [0.25, 0.3) is 5.91 Å². The molecule has 0 saturated carbocycles. The third-order valence-electron chi connectivity index (χ3n) is 3.40. The van der Waals surface area contributed by atoms with Gasteiger partial charge in [-0.2, -0.15) is 0 Å². The zero-order chi connectivity index (χ0) is 13.8. The van der Waals surface area contributed by atoms with Crippen molar-refractivity contribution in [3.63, 3.8) is 0 Å². The molecule has 0 aliphatic carbocycles. The Morgan fingerprint density at radius 3 is 3.00 bits per heavy atom. The van der Waals surface area contributed by atoms with Crippen LogP contribution in [0.1, 0.15) is 38.7 Å². The monoisotopic (exact) mass is 262 g/mol. The molecule has 1 aliphatic heterocycles. The van der Waals surface area contributed by atoms with Crippen LogP contribution in [0.25, 0.3) is 0 Å². The van der Waals surface area contributed by atoms with Crippen LogP contribution in [-0.4, -0.2) is 18.1 Å². The highest BCUT2D eigenvalue weighted by Gasteiger charge is 2.23. The van der Waals surface area contributed by atoms with E-state index in [0.717, 1.165) is 36.3 Å². The first-order valence-corrected chi connectivity index (χ1v) is 6.96. The molecule has 104 valence electrons. The van der Waals surface area contributed by atoms with E-state index in [-0.39, 0.29) is 11.9 Å². The average molecular weight is 262 g/mol. The van der Waals surface area contributed by atoms with E-state index < -0.39 is 6.10 Å². The summed E-state index contributed by atoms with van der Waals surface area (Å²) in [4.78, 5) is 11.6. The number of ether oxygens (including phenoxy) is 1. The molecule has 0 spiro atoms.